The van der Waals surface area contributed by atoms with Crippen molar-refractivity contribution in [3.63, 3.8) is 0 Å². The lowest BCUT2D eigenvalue weighted by Gasteiger charge is -2.25. The number of nitrogens with two attached hydrogens (primary N) is 1. The van der Waals surface area contributed by atoms with E-state index in [2.05, 4.69) is 0 Å². The monoisotopic (exact) mass is 267 g/mol. The number of ether oxygens (including phenoxy) is 1. The van der Waals surface area contributed by atoms with Gasteiger partial charge in [0.1, 0.15) is 5.75 Å². The molecule has 0 unspecified atom stereocenters. The first-order valence-electron chi connectivity index (χ1n) is 6.36. The fourth-order valence-corrected chi connectivity index (χ4v) is 2.15. The van der Waals surface area contributed by atoms with Crippen LogP contribution in [-0.2, 0) is 0 Å². The second-order valence-electron chi connectivity index (χ2n) is 4.71. The van der Waals surface area contributed by atoms with Gasteiger partial charge in [0, 0.05) is 11.4 Å². The molecule has 0 aromatic heterocycles. The van der Waals surface area contributed by atoms with E-state index in [0.29, 0.717) is 41.8 Å². The van der Waals surface area contributed by atoms with Crippen LogP contribution in [0.15, 0.2) is 18.2 Å². The molecule has 0 bridgehead atoms. The highest BCUT2D eigenvalue weighted by atomic mass is 35.5. The molecule has 98 valence electrons. The molecule has 1 fully saturated rings. The molecule has 0 saturated heterocycles. The maximum Gasteiger partial charge on any atom is 0.167 e. The molecular weight excluding hydrogens is 250 g/mol. The van der Waals surface area contributed by atoms with E-state index in [1.54, 1.807) is 18.2 Å². The van der Waals surface area contributed by atoms with Gasteiger partial charge in [-0.3, -0.25) is 4.79 Å². The third kappa shape index (κ3) is 3.24. The zero-order valence-electron chi connectivity index (χ0n) is 10.3. The Balaban J connectivity index is 2.08. The first kappa shape index (κ1) is 13.4. The van der Waals surface area contributed by atoms with Crippen LogP contribution in [0.25, 0.3) is 0 Å². The molecule has 18 heavy (non-hydrogen) atoms. The van der Waals surface area contributed by atoms with Crippen LogP contribution in [-0.4, -0.2) is 18.9 Å². The number of hydrogen-bond acceptors (Lipinski definition) is 3. The second-order valence-corrected chi connectivity index (χ2v) is 5.15. The van der Waals surface area contributed by atoms with Gasteiger partial charge >= 0.3 is 0 Å². The van der Waals surface area contributed by atoms with E-state index in [9.17, 15) is 4.79 Å². The van der Waals surface area contributed by atoms with E-state index in [1.165, 1.54) is 19.3 Å². The fraction of sp³-hybridized carbons (Fsp3) is 0.500. The van der Waals surface area contributed by atoms with Crippen molar-refractivity contribution in [1.29, 1.82) is 0 Å². The molecule has 0 aliphatic heterocycles. The third-order valence-corrected chi connectivity index (χ3v) is 3.55. The van der Waals surface area contributed by atoms with Crippen LogP contribution in [0.2, 0.25) is 5.02 Å². The Bertz CT molecular complexity index is 430. The number of rotatable bonds is 6. The summed E-state index contributed by atoms with van der Waals surface area (Å²) in [6, 6.07) is 5.18. The molecule has 0 radical (unpaired) electrons. The summed E-state index contributed by atoms with van der Waals surface area (Å²) in [5, 5.41) is 0.548. The van der Waals surface area contributed by atoms with Crippen LogP contribution >= 0.6 is 11.6 Å². The van der Waals surface area contributed by atoms with Crippen LogP contribution in [0.4, 0.5) is 0 Å². The fourth-order valence-electron chi connectivity index (χ4n) is 1.98. The number of ketones is 1. The van der Waals surface area contributed by atoms with Gasteiger partial charge < -0.3 is 10.5 Å². The average molecular weight is 268 g/mol. The summed E-state index contributed by atoms with van der Waals surface area (Å²) >= 11 is 5.92. The number of benzene rings is 1. The Labute approximate surface area is 112 Å². The second kappa shape index (κ2) is 6.21. The van der Waals surface area contributed by atoms with Crippen molar-refractivity contribution in [2.75, 3.05) is 13.2 Å². The van der Waals surface area contributed by atoms with E-state index in [0.717, 1.165) is 0 Å². The standard InChI is InChI=1S/C14H18ClNO2/c15-11-4-5-14(18-9-10-2-1-3-10)12(8-11)13(17)6-7-16/h4-5,8,10H,1-3,6-7,9,16H2. The van der Waals surface area contributed by atoms with Gasteiger partial charge in [-0.1, -0.05) is 18.0 Å². The van der Waals surface area contributed by atoms with Crippen molar-refractivity contribution in [2.24, 2.45) is 11.7 Å². The van der Waals surface area contributed by atoms with Crippen LogP contribution in [0.3, 0.4) is 0 Å². The summed E-state index contributed by atoms with van der Waals surface area (Å²) in [5.41, 5.74) is 5.96. The zero-order valence-corrected chi connectivity index (χ0v) is 11.1. The van der Waals surface area contributed by atoms with Crippen molar-refractivity contribution in [2.45, 2.75) is 25.7 Å². The molecule has 0 atom stereocenters. The number of halogens is 1. The maximum atomic E-state index is 11.9. The minimum Gasteiger partial charge on any atom is -0.493 e. The van der Waals surface area contributed by atoms with Crippen molar-refractivity contribution in [3.8, 4) is 5.75 Å². The SMILES string of the molecule is NCCC(=O)c1cc(Cl)ccc1OCC1CCC1. The Kier molecular flexibility index (Phi) is 4.61. The molecule has 1 aromatic carbocycles. The molecule has 1 aromatic rings. The lowest BCUT2D eigenvalue weighted by atomic mass is 9.86. The molecule has 2 N–H and O–H groups in total. The molecule has 3 nitrogen and oxygen atoms in total. The molecule has 0 spiro atoms. The van der Waals surface area contributed by atoms with Crippen molar-refractivity contribution < 1.29 is 9.53 Å². The average Bonchev–Trinajstić information content (AvgIpc) is 2.29. The van der Waals surface area contributed by atoms with Crippen molar-refractivity contribution in [1.82, 2.24) is 0 Å². The minimum absolute atomic E-state index is 0.0105. The van der Waals surface area contributed by atoms with Crippen LogP contribution in [0, 0.1) is 5.92 Å². The number of hydrogen-bond donors (Lipinski definition) is 1. The van der Waals surface area contributed by atoms with Gasteiger partial charge in [0.25, 0.3) is 0 Å². The normalized spacial score (nSPS) is 15.2. The van der Waals surface area contributed by atoms with E-state index in [4.69, 9.17) is 22.1 Å². The molecular formula is C14H18ClNO2. The van der Waals surface area contributed by atoms with Gasteiger partial charge in [-0.25, -0.2) is 0 Å². The number of Topliss-reactive ketones (excluding diaryl/α,β-unsaturated/α-hetero) is 1. The Morgan fingerprint density at radius 3 is 2.83 bits per heavy atom. The van der Waals surface area contributed by atoms with Crippen LogP contribution < -0.4 is 10.5 Å². The molecule has 2 rings (SSSR count). The van der Waals surface area contributed by atoms with Gasteiger partial charge in [0.2, 0.25) is 0 Å². The van der Waals surface area contributed by atoms with Crippen molar-refractivity contribution in [3.05, 3.63) is 28.8 Å². The van der Waals surface area contributed by atoms with Crippen molar-refractivity contribution >= 4 is 17.4 Å². The summed E-state index contributed by atoms with van der Waals surface area (Å²) in [4.78, 5) is 11.9. The molecule has 1 saturated carbocycles. The molecule has 0 amide bonds. The predicted octanol–water partition coefficient (Wildman–Crippen LogP) is 3.05. The van der Waals surface area contributed by atoms with Gasteiger partial charge in [-0.15, -0.1) is 0 Å². The van der Waals surface area contributed by atoms with Gasteiger partial charge in [0.05, 0.1) is 12.2 Å². The van der Waals surface area contributed by atoms with Crippen LogP contribution in [0.1, 0.15) is 36.0 Å². The molecule has 1 aliphatic rings. The summed E-state index contributed by atoms with van der Waals surface area (Å²) in [6.07, 6.45) is 4.05. The summed E-state index contributed by atoms with van der Waals surface area (Å²) in [6.45, 7) is 1.03. The Hall–Kier alpha value is -1.06. The summed E-state index contributed by atoms with van der Waals surface area (Å²) in [5.74, 6) is 1.26. The molecule has 4 heteroatoms. The van der Waals surface area contributed by atoms with Gasteiger partial charge in [0.15, 0.2) is 5.78 Å². The third-order valence-electron chi connectivity index (χ3n) is 3.31. The van der Waals surface area contributed by atoms with E-state index in [1.807, 2.05) is 0 Å². The maximum absolute atomic E-state index is 11.9. The lowest BCUT2D eigenvalue weighted by molar-refractivity contribution is 0.0978. The minimum atomic E-state index is -0.0105. The quantitative estimate of drug-likeness (QED) is 0.806. The highest BCUT2D eigenvalue weighted by Gasteiger charge is 2.19. The zero-order chi connectivity index (χ0) is 13.0. The first-order valence-corrected chi connectivity index (χ1v) is 6.74. The largest absolute Gasteiger partial charge is 0.493 e. The lowest BCUT2D eigenvalue weighted by Crippen LogP contribution is -2.20. The van der Waals surface area contributed by atoms with E-state index in [-0.39, 0.29) is 5.78 Å². The molecule has 1 aliphatic carbocycles. The summed E-state index contributed by atoms with van der Waals surface area (Å²) < 4.78 is 5.74. The highest BCUT2D eigenvalue weighted by molar-refractivity contribution is 6.31. The van der Waals surface area contributed by atoms with Gasteiger partial charge in [-0.2, -0.15) is 0 Å². The first-order chi connectivity index (χ1) is 8.70. The number of carbonyl (C=O) groups excluding carboxylic acids is 1. The van der Waals surface area contributed by atoms with E-state index < -0.39 is 0 Å². The smallest absolute Gasteiger partial charge is 0.167 e. The summed E-state index contributed by atoms with van der Waals surface area (Å²) in [7, 11) is 0. The topological polar surface area (TPSA) is 52.3 Å². The highest BCUT2D eigenvalue weighted by Crippen LogP contribution is 2.29. The van der Waals surface area contributed by atoms with Gasteiger partial charge in [-0.05, 0) is 43.5 Å². The molecule has 0 heterocycles. The van der Waals surface area contributed by atoms with Crippen LogP contribution in [0.5, 0.6) is 5.75 Å². The Morgan fingerprint density at radius 2 is 2.22 bits per heavy atom. The van der Waals surface area contributed by atoms with E-state index >= 15 is 0 Å². The Morgan fingerprint density at radius 1 is 1.44 bits per heavy atom. The predicted molar refractivity (Wildman–Crippen MR) is 72.3 cm³/mol. The number of carbonyl (C=O) groups is 1.